The molecule has 0 aliphatic carbocycles. The molecule has 0 saturated carbocycles. The number of halogens is 1. The minimum absolute atomic E-state index is 0. The van der Waals surface area contributed by atoms with Gasteiger partial charge in [-0.2, -0.15) is 4.98 Å². The summed E-state index contributed by atoms with van der Waals surface area (Å²) < 4.78 is 11.7. The van der Waals surface area contributed by atoms with Gasteiger partial charge < -0.3 is 20.9 Å². The Kier molecular flexibility index (Phi) is 6.76. The molecule has 0 amide bonds. The molecule has 5 N–H and O–H groups in total. The van der Waals surface area contributed by atoms with E-state index >= 15 is 0 Å². The number of hydrogen-bond donors (Lipinski definition) is 3. The molecule has 10 nitrogen and oxygen atoms in total. The third-order valence-corrected chi connectivity index (χ3v) is 2.56. The SMILES string of the molecule is Cl.NCCC(=O)OCCOCn1cnc2c(=O)[nH]c(N)nc21. The normalized spacial score (nSPS) is 10.4. The number of carbonyl (C=O) groups excluding carboxylic acids is 1. The van der Waals surface area contributed by atoms with Crippen molar-refractivity contribution >= 4 is 35.5 Å². The number of H-pyrrole nitrogens is 1. The Morgan fingerprint density at radius 3 is 2.91 bits per heavy atom. The number of ether oxygens (including phenoxy) is 2. The van der Waals surface area contributed by atoms with Crippen LogP contribution in [0.25, 0.3) is 11.2 Å². The fraction of sp³-hybridized carbons (Fsp3) is 0.455. The highest BCUT2D eigenvalue weighted by atomic mass is 35.5. The third kappa shape index (κ3) is 4.41. The number of aromatic amines is 1. The first-order valence-corrected chi connectivity index (χ1v) is 6.26. The van der Waals surface area contributed by atoms with E-state index in [0.29, 0.717) is 5.65 Å². The smallest absolute Gasteiger partial charge is 0.307 e. The van der Waals surface area contributed by atoms with Crippen LogP contribution < -0.4 is 17.0 Å². The van der Waals surface area contributed by atoms with Gasteiger partial charge in [-0.3, -0.25) is 19.1 Å². The van der Waals surface area contributed by atoms with Gasteiger partial charge in [0.25, 0.3) is 5.56 Å². The molecule has 122 valence electrons. The lowest BCUT2D eigenvalue weighted by Gasteiger charge is -2.06. The second kappa shape index (κ2) is 8.32. The van der Waals surface area contributed by atoms with Crippen LogP contribution in [0, 0.1) is 0 Å². The van der Waals surface area contributed by atoms with E-state index < -0.39 is 5.56 Å². The van der Waals surface area contributed by atoms with Gasteiger partial charge in [0, 0.05) is 6.54 Å². The fourth-order valence-electron chi connectivity index (χ4n) is 1.63. The summed E-state index contributed by atoms with van der Waals surface area (Å²) in [5.41, 5.74) is 10.8. The molecule has 0 spiro atoms. The first-order valence-electron chi connectivity index (χ1n) is 6.26. The zero-order valence-corrected chi connectivity index (χ0v) is 12.5. The molecule has 2 heterocycles. The molecular weight excluding hydrogens is 316 g/mol. The van der Waals surface area contributed by atoms with Crippen LogP contribution in [0.4, 0.5) is 5.95 Å². The maximum absolute atomic E-state index is 11.6. The Balaban J connectivity index is 0.00000242. The van der Waals surface area contributed by atoms with Crippen LogP contribution in [0.15, 0.2) is 11.1 Å². The topological polar surface area (TPSA) is 151 Å². The summed E-state index contributed by atoms with van der Waals surface area (Å²) in [4.78, 5) is 32.9. The highest BCUT2D eigenvalue weighted by molar-refractivity contribution is 5.85. The second-order valence-electron chi connectivity index (χ2n) is 4.13. The summed E-state index contributed by atoms with van der Waals surface area (Å²) in [6, 6.07) is 0. The number of nitrogen functional groups attached to an aromatic ring is 1. The molecule has 0 aromatic carbocycles. The average molecular weight is 333 g/mol. The maximum Gasteiger partial charge on any atom is 0.307 e. The van der Waals surface area contributed by atoms with Gasteiger partial charge in [-0.1, -0.05) is 0 Å². The van der Waals surface area contributed by atoms with Crippen molar-refractivity contribution in [3.63, 3.8) is 0 Å². The van der Waals surface area contributed by atoms with Crippen LogP contribution in [0.2, 0.25) is 0 Å². The lowest BCUT2D eigenvalue weighted by atomic mass is 10.4. The number of hydrogen-bond acceptors (Lipinski definition) is 8. The lowest BCUT2D eigenvalue weighted by Crippen LogP contribution is -2.15. The third-order valence-electron chi connectivity index (χ3n) is 2.56. The van der Waals surface area contributed by atoms with E-state index in [1.165, 1.54) is 10.9 Å². The van der Waals surface area contributed by atoms with Gasteiger partial charge >= 0.3 is 5.97 Å². The Morgan fingerprint density at radius 1 is 1.41 bits per heavy atom. The average Bonchev–Trinajstić information content (AvgIpc) is 2.82. The predicted octanol–water partition coefficient (Wildman–Crippen LogP) is -1.01. The zero-order chi connectivity index (χ0) is 15.2. The van der Waals surface area contributed by atoms with Crippen molar-refractivity contribution in [2.75, 3.05) is 25.5 Å². The summed E-state index contributed by atoms with van der Waals surface area (Å²) in [5, 5.41) is 0. The number of nitrogens with zero attached hydrogens (tertiary/aromatic N) is 3. The molecule has 0 aliphatic heterocycles. The van der Waals surface area contributed by atoms with Gasteiger partial charge in [0.2, 0.25) is 5.95 Å². The molecule has 0 aliphatic rings. The van der Waals surface area contributed by atoms with E-state index in [1.807, 2.05) is 0 Å². The summed E-state index contributed by atoms with van der Waals surface area (Å²) in [6.45, 7) is 0.694. The molecule has 0 unspecified atom stereocenters. The summed E-state index contributed by atoms with van der Waals surface area (Å²) in [7, 11) is 0. The van der Waals surface area contributed by atoms with Gasteiger partial charge in [-0.25, -0.2) is 4.98 Å². The number of aromatic nitrogens is 4. The zero-order valence-electron chi connectivity index (χ0n) is 11.7. The summed E-state index contributed by atoms with van der Waals surface area (Å²) >= 11 is 0. The van der Waals surface area contributed by atoms with Crippen molar-refractivity contribution in [2.45, 2.75) is 13.2 Å². The van der Waals surface area contributed by atoms with Crippen molar-refractivity contribution in [3.8, 4) is 0 Å². The van der Waals surface area contributed by atoms with Gasteiger partial charge in [-0.15, -0.1) is 12.4 Å². The molecule has 0 saturated heterocycles. The van der Waals surface area contributed by atoms with E-state index in [2.05, 4.69) is 15.0 Å². The number of anilines is 1. The molecule has 0 atom stereocenters. The van der Waals surface area contributed by atoms with Gasteiger partial charge in [0.1, 0.15) is 13.3 Å². The Labute approximate surface area is 131 Å². The van der Waals surface area contributed by atoms with Crippen molar-refractivity contribution in [2.24, 2.45) is 5.73 Å². The second-order valence-corrected chi connectivity index (χ2v) is 4.13. The van der Waals surface area contributed by atoms with Crippen LogP contribution >= 0.6 is 12.4 Å². The first-order chi connectivity index (χ1) is 10.1. The number of esters is 1. The predicted molar refractivity (Wildman–Crippen MR) is 80.4 cm³/mol. The van der Waals surface area contributed by atoms with E-state index in [-0.39, 0.29) is 62.8 Å². The summed E-state index contributed by atoms with van der Waals surface area (Å²) in [5.74, 6) is -0.361. The maximum atomic E-state index is 11.6. The minimum atomic E-state index is -0.410. The summed E-state index contributed by atoms with van der Waals surface area (Å²) in [6.07, 6.45) is 1.60. The molecule has 0 radical (unpaired) electrons. The highest BCUT2D eigenvalue weighted by Gasteiger charge is 2.09. The highest BCUT2D eigenvalue weighted by Crippen LogP contribution is 2.06. The van der Waals surface area contributed by atoms with E-state index in [9.17, 15) is 9.59 Å². The number of nitrogens with two attached hydrogens (primary N) is 2. The minimum Gasteiger partial charge on any atom is -0.463 e. The standard InChI is InChI=1S/C11H16N6O4.ClH/c12-2-1-7(18)21-4-3-20-6-17-5-14-8-9(17)15-11(13)16-10(8)19;/h5H,1-4,6,12H2,(H3,13,15,16,19);1H. The van der Waals surface area contributed by atoms with Crippen molar-refractivity contribution in [3.05, 3.63) is 16.7 Å². The van der Waals surface area contributed by atoms with Crippen LogP contribution in [0.3, 0.4) is 0 Å². The molecule has 2 aromatic heterocycles. The fourth-order valence-corrected chi connectivity index (χ4v) is 1.63. The molecule has 0 bridgehead atoms. The Morgan fingerprint density at radius 2 is 2.18 bits per heavy atom. The van der Waals surface area contributed by atoms with Gasteiger partial charge in [0.05, 0.1) is 19.4 Å². The van der Waals surface area contributed by atoms with Crippen molar-refractivity contribution < 1.29 is 14.3 Å². The first kappa shape index (κ1) is 17.9. The number of nitrogens with one attached hydrogen (secondary N) is 1. The van der Waals surface area contributed by atoms with Gasteiger partial charge in [0.15, 0.2) is 11.2 Å². The Hall–Kier alpha value is -2.17. The monoisotopic (exact) mass is 332 g/mol. The molecule has 0 fully saturated rings. The van der Waals surface area contributed by atoms with E-state index in [0.717, 1.165) is 0 Å². The molecule has 2 aromatic rings. The number of fused-ring (bicyclic) bond motifs is 1. The van der Waals surface area contributed by atoms with Crippen LogP contribution in [-0.4, -0.2) is 45.2 Å². The van der Waals surface area contributed by atoms with E-state index in [4.69, 9.17) is 20.9 Å². The van der Waals surface area contributed by atoms with Crippen LogP contribution in [0.5, 0.6) is 0 Å². The number of rotatable bonds is 7. The largest absolute Gasteiger partial charge is 0.463 e. The number of carbonyl (C=O) groups is 1. The molecule has 11 heteroatoms. The van der Waals surface area contributed by atoms with Crippen LogP contribution in [0.1, 0.15) is 6.42 Å². The Bertz CT molecular complexity index is 685. The van der Waals surface area contributed by atoms with Crippen LogP contribution in [-0.2, 0) is 21.0 Å². The van der Waals surface area contributed by atoms with Crippen molar-refractivity contribution in [1.82, 2.24) is 19.5 Å². The van der Waals surface area contributed by atoms with Crippen molar-refractivity contribution in [1.29, 1.82) is 0 Å². The lowest BCUT2D eigenvalue weighted by molar-refractivity contribution is -0.145. The van der Waals surface area contributed by atoms with Gasteiger partial charge in [-0.05, 0) is 0 Å². The molecule has 2 rings (SSSR count). The number of imidazole rings is 1. The quantitative estimate of drug-likeness (QED) is 0.431. The molecular formula is C11H17ClN6O4. The molecule has 22 heavy (non-hydrogen) atoms. The van der Waals surface area contributed by atoms with E-state index in [1.54, 1.807) is 0 Å².